The topological polar surface area (TPSA) is 20.2 Å². The van der Waals surface area contributed by atoms with Crippen molar-refractivity contribution in [3.8, 4) is 5.75 Å². The van der Waals surface area contributed by atoms with E-state index in [9.17, 15) is 5.11 Å². The smallest absolute Gasteiger partial charge is 0.149 e. The van der Waals surface area contributed by atoms with E-state index in [0.717, 1.165) is 0 Å². The maximum atomic E-state index is 9.19. The first kappa shape index (κ1) is 9.46. The summed E-state index contributed by atoms with van der Waals surface area (Å²) >= 11 is 19.9. The molecule has 0 aliphatic rings. The second kappa shape index (κ2) is 3.40. The van der Waals surface area contributed by atoms with Gasteiger partial charge in [0.05, 0.1) is 19.5 Å². The number of phenolic OH excluding ortho intramolecular Hbond substituents is 1. The maximum absolute atomic E-state index is 9.19. The van der Waals surface area contributed by atoms with Crippen LogP contribution in [0.4, 0.5) is 0 Å². The van der Waals surface area contributed by atoms with Crippen molar-refractivity contribution >= 4 is 50.7 Å². The third-order valence-corrected chi connectivity index (χ3v) is 3.17. The van der Waals surface area contributed by atoms with Crippen LogP contribution in [0.2, 0.25) is 15.1 Å². The molecule has 5 heteroatoms. The Hall–Kier alpha value is 0.370. The minimum atomic E-state index is -0.0962. The molecule has 0 heterocycles. The number of hydrogen-bond acceptors (Lipinski definition) is 1. The average Bonchev–Trinajstić information content (AvgIpc) is 1.97. The summed E-state index contributed by atoms with van der Waals surface area (Å²) in [6, 6.07) is 1.38. The summed E-state index contributed by atoms with van der Waals surface area (Å²) in [5.74, 6) is -0.0962. The fourth-order valence-corrected chi connectivity index (χ4v) is 1.82. The number of rotatable bonds is 0. The van der Waals surface area contributed by atoms with Crippen molar-refractivity contribution in [3.05, 3.63) is 25.6 Å². The first-order valence-electron chi connectivity index (χ1n) is 2.56. The zero-order chi connectivity index (χ0) is 8.59. The second-order valence-electron chi connectivity index (χ2n) is 1.82. The average molecular weight is 276 g/mol. The molecule has 60 valence electrons. The lowest BCUT2D eigenvalue weighted by atomic mass is 10.3. The van der Waals surface area contributed by atoms with E-state index in [1.807, 2.05) is 0 Å². The normalized spacial score (nSPS) is 10.2. The third kappa shape index (κ3) is 1.75. The van der Waals surface area contributed by atoms with Gasteiger partial charge in [-0.15, -0.1) is 0 Å². The standard InChI is InChI=1S/C6H2BrCl3O/c7-4-5(10)2(8)1-3(9)6(4)11/h1,11H. The molecule has 0 atom stereocenters. The molecule has 1 aromatic carbocycles. The predicted molar refractivity (Wildman–Crippen MR) is 50.8 cm³/mol. The van der Waals surface area contributed by atoms with Crippen molar-refractivity contribution in [1.29, 1.82) is 0 Å². The number of benzene rings is 1. The molecule has 0 aromatic heterocycles. The minimum Gasteiger partial charge on any atom is -0.505 e. The molecule has 0 bridgehead atoms. The Bertz CT molecular complexity index is 274. The highest BCUT2D eigenvalue weighted by Crippen LogP contribution is 2.41. The van der Waals surface area contributed by atoms with Crippen molar-refractivity contribution in [2.45, 2.75) is 0 Å². The van der Waals surface area contributed by atoms with Crippen molar-refractivity contribution in [2.24, 2.45) is 0 Å². The van der Waals surface area contributed by atoms with Crippen LogP contribution in [0.3, 0.4) is 0 Å². The van der Waals surface area contributed by atoms with Crippen LogP contribution in [0.5, 0.6) is 5.75 Å². The highest BCUT2D eigenvalue weighted by molar-refractivity contribution is 9.10. The van der Waals surface area contributed by atoms with Crippen molar-refractivity contribution in [2.75, 3.05) is 0 Å². The molecule has 0 amide bonds. The summed E-state index contributed by atoms with van der Waals surface area (Å²) in [5, 5.41) is 9.93. The molecule has 1 rings (SSSR count). The Kier molecular flexibility index (Phi) is 2.92. The first-order valence-corrected chi connectivity index (χ1v) is 4.48. The minimum absolute atomic E-state index is 0.0962. The van der Waals surface area contributed by atoms with Gasteiger partial charge in [-0.05, 0) is 22.0 Å². The lowest BCUT2D eigenvalue weighted by Crippen LogP contribution is -1.75. The van der Waals surface area contributed by atoms with Crippen LogP contribution in [0, 0.1) is 0 Å². The van der Waals surface area contributed by atoms with Crippen LogP contribution in [0.25, 0.3) is 0 Å². The molecule has 0 saturated heterocycles. The Balaban J connectivity index is 3.46. The van der Waals surface area contributed by atoms with Gasteiger partial charge in [-0.1, -0.05) is 34.8 Å². The van der Waals surface area contributed by atoms with Crippen LogP contribution in [0.15, 0.2) is 10.5 Å². The van der Waals surface area contributed by atoms with E-state index >= 15 is 0 Å². The summed E-state index contributed by atoms with van der Waals surface area (Å²) in [7, 11) is 0. The summed E-state index contributed by atoms with van der Waals surface area (Å²) in [5.41, 5.74) is 0. The highest BCUT2D eigenvalue weighted by Gasteiger charge is 2.11. The number of hydrogen-bond donors (Lipinski definition) is 1. The molecule has 1 N–H and O–H groups in total. The van der Waals surface area contributed by atoms with Gasteiger partial charge >= 0.3 is 0 Å². The van der Waals surface area contributed by atoms with Gasteiger partial charge in [-0.25, -0.2) is 0 Å². The van der Waals surface area contributed by atoms with Gasteiger partial charge in [0.1, 0.15) is 5.75 Å². The Morgan fingerprint density at radius 2 is 1.73 bits per heavy atom. The lowest BCUT2D eigenvalue weighted by molar-refractivity contribution is 0.472. The lowest BCUT2D eigenvalue weighted by Gasteiger charge is -2.03. The van der Waals surface area contributed by atoms with Crippen LogP contribution >= 0.6 is 50.7 Å². The van der Waals surface area contributed by atoms with Crippen LogP contribution in [-0.2, 0) is 0 Å². The van der Waals surface area contributed by atoms with Gasteiger partial charge in [0.15, 0.2) is 0 Å². The largest absolute Gasteiger partial charge is 0.505 e. The molecule has 0 aliphatic carbocycles. The van der Waals surface area contributed by atoms with Gasteiger partial charge in [-0.3, -0.25) is 0 Å². The molecule has 0 aliphatic heterocycles. The van der Waals surface area contributed by atoms with E-state index in [2.05, 4.69) is 15.9 Å². The third-order valence-electron chi connectivity index (χ3n) is 1.09. The van der Waals surface area contributed by atoms with Crippen molar-refractivity contribution in [1.82, 2.24) is 0 Å². The quantitative estimate of drug-likeness (QED) is 0.558. The highest BCUT2D eigenvalue weighted by atomic mass is 79.9. The van der Waals surface area contributed by atoms with E-state index in [0.29, 0.717) is 9.50 Å². The fourth-order valence-electron chi connectivity index (χ4n) is 0.557. The number of halogens is 4. The van der Waals surface area contributed by atoms with Gasteiger partial charge < -0.3 is 5.11 Å². The van der Waals surface area contributed by atoms with Crippen LogP contribution < -0.4 is 0 Å². The molecule has 0 spiro atoms. The number of phenols is 1. The Morgan fingerprint density at radius 1 is 1.18 bits per heavy atom. The van der Waals surface area contributed by atoms with Crippen molar-refractivity contribution < 1.29 is 5.11 Å². The van der Waals surface area contributed by atoms with Gasteiger partial charge in [0, 0.05) is 0 Å². The van der Waals surface area contributed by atoms with E-state index in [4.69, 9.17) is 34.8 Å². The van der Waals surface area contributed by atoms with E-state index in [1.54, 1.807) is 0 Å². The van der Waals surface area contributed by atoms with E-state index < -0.39 is 0 Å². The molecule has 1 nitrogen and oxygen atoms in total. The summed E-state index contributed by atoms with van der Waals surface area (Å²) in [6.45, 7) is 0. The van der Waals surface area contributed by atoms with Crippen LogP contribution in [0.1, 0.15) is 0 Å². The Morgan fingerprint density at radius 3 is 2.27 bits per heavy atom. The van der Waals surface area contributed by atoms with E-state index in [1.165, 1.54) is 6.07 Å². The molecule has 11 heavy (non-hydrogen) atoms. The molecule has 0 saturated carbocycles. The van der Waals surface area contributed by atoms with Gasteiger partial charge in [-0.2, -0.15) is 0 Å². The van der Waals surface area contributed by atoms with Crippen LogP contribution in [-0.4, -0.2) is 5.11 Å². The maximum Gasteiger partial charge on any atom is 0.149 e. The van der Waals surface area contributed by atoms with Gasteiger partial charge in [0.25, 0.3) is 0 Å². The molecular weight excluding hydrogens is 274 g/mol. The fraction of sp³-hybridized carbons (Fsp3) is 0. The zero-order valence-electron chi connectivity index (χ0n) is 5.04. The Labute approximate surface area is 87.0 Å². The predicted octanol–water partition coefficient (Wildman–Crippen LogP) is 4.11. The first-order chi connectivity index (χ1) is 5.04. The van der Waals surface area contributed by atoms with E-state index in [-0.39, 0.29) is 15.8 Å². The summed E-state index contributed by atoms with van der Waals surface area (Å²) < 4.78 is 0.316. The summed E-state index contributed by atoms with van der Waals surface area (Å²) in [6.07, 6.45) is 0. The molecule has 0 unspecified atom stereocenters. The second-order valence-corrected chi connectivity index (χ2v) is 3.80. The summed E-state index contributed by atoms with van der Waals surface area (Å²) in [4.78, 5) is 0. The SMILES string of the molecule is Oc1c(Cl)cc(Cl)c(Cl)c1Br. The van der Waals surface area contributed by atoms with Gasteiger partial charge in [0.2, 0.25) is 0 Å². The monoisotopic (exact) mass is 274 g/mol. The molecule has 1 aromatic rings. The molecular formula is C6H2BrCl3O. The zero-order valence-corrected chi connectivity index (χ0v) is 8.89. The molecule has 0 radical (unpaired) electrons. The number of aromatic hydroxyl groups is 1. The molecule has 0 fully saturated rings. The van der Waals surface area contributed by atoms with Crippen molar-refractivity contribution in [3.63, 3.8) is 0 Å².